The van der Waals surface area contributed by atoms with E-state index in [2.05, 4.69) is 0 Å². The number of carbonyl (C=O) groups is 1. The van der Waals surface area contributed by atoms with Gasteiger partial charge in [0.15, 0.2) is 0 Å². The van der Waals surface area contributed by atoms with E-state index in [4.69, 9.17) is 4.74 Å². The number of hydrogen-bond acceptors (Lipinski definition) is 3. The highest BCUT2D eigenvalue weighted by atomic mass is 32.2. The van der Waals surface area contributed by atoms with Gasteiger partial charge in [-0.15, -0.1) is 11.8 Å². The van der Waals surface area contributed by atoms with E-state index in [0.29, 0.717) is 6.42 Å². The van der Waals surface area contributed by atoms with Crippen LogP contribution in [0.25, 0.3) is 0 Å². The molecule has 2 nitrogen and oxygen atoms in total. The Kier molecular flexibility index (Phi) is 4.40. The Hall–Kier alpha value is -0.960. The molecule has 0 aliphatic carbocycles. The van der Waals surface area contributed by atoms with E-state index in [-0.39, 0.29) is 0 Å². The Labute approximate surface area is 82.3 Å². The number of hydrogen-bond donors (Lipinski definition) is 0. The predicted molar refractivity (Wildman–Crippen MR) is 54.4 cm³/mol. The minimum absolute atomic E-state index is 0.599. The average Bonchev–Trinajstić information content (AvgIpc) is 2.19. The first kappa shape index (κ1) is 10.1. The molecule has 0 atom stereocenters. The summed E-state index contributed by atoms with van der Waals surface area (Å²) in [6.45, 7) is 0. The highest BCUT2D eigenvalue weighted by molar-refractivity contribution is 7.99. The molecular weight excluding hydrogens is 184 g/mol. The summed E-state index contributed by atoms with van der Waals surface area (Å²) in [5, 5.41) is 0. The molecule has 70 valence electrons. The third-order valence-corrected chi connectivity index (χ3v) is 2.57. The molecule has 0 fully saturated rings. The third-order valence-electron chi connectivity index (χ3n) is 1.55. The fraction of sp³-hybridized carbons (Fsp3) is 0.300. The van der Waals surface area contributed by atoms with Crippen LogP contribution in [0.2, 0.25) is 0 Å². The van der Waals surface area contributed by atoms with Crippen LogP contribution in [-0.4, -0.2) is 19.1 Å². The standard InChI is InChI=1S/C10H12O2S/c1-12-9-4-2-5-10(8-9)13-7-3-6-11/h2,4-6,8H,3,7H2,1H3. The van der Waals surface area contributed by atoms with Crippen LogP contribution in [-0.2, 0) is 4.79 Å². The summed E-state index contributed by atoms with van der Waals surface area (Å²) >= 11 is 1.66. The summed E-state index contributed by atoms with van der Waals surface area (Å²) in [6, 6.07) is 7.83. The van der Waals surface area contributed by atoms with Crippen LogP contribution >= 0.6 is 11.8 Å². The molecule has 3 heteroatoms. The van der Waals surface area contributed by atoms with Crippen molar-refractivity contribution in [1.29, 1.82) is 0 Å². The lowest BCUT2D eigenvalue weighted by molar-refractivity contribution is -0.107. The maximum Gasteiger partial charge on any atom is 0.120 e. The molecule has 0 amide bonds. The molecule has 0 bridgehead atoms. The quantitative estimate of drug-likeness (QED) is 0.411. The van der Waals surface area contributed by atoms with Crippen LogP contribution in [0.15, 0.2) is 29.2 Å². The third kappa shape index (κ3) is 3.51. The molecule has 0 heterocycles. The Balaban J connectivity index is 2.50. The first-order chi connectivity index (χ1) is 6.36. The summed E-state index contributed by atoms with van der Waals surface area (Å²) in [6.07, 6.45) is 1.54. The van der Waals surface area contributed by atoms with Gasteiger partial charge in [0.2, 0.25) is 0 Å². The van der Waals surface area contributed by atoms with E-state index >= 15 is 0 Å². The first-order valence-electron chi connectivity index (χ1n) is 4.07. The zero-order chi connectivity index (χ0) is 9.52. The van der Waals surface area contributed by atoms with Gasteiger partial charge >= 0.3 is 0 Å². The van der Waals surface area contributed by atoms with Gasteiger partial charge in [-0.3, -0.25) is 0 Å². The van der Waals surface area contributed by atoms with Crippen LogP contribution in [0, 0.1) is 0 Å². The fourth-order valence-corrected chi connectivity index (χ4v) is 1.74. The smallest absolute Gasteiger partial charge is 0.120 e. The van der Waals surface area contributed by atoms with E-state index in [9.17, 15) is 4.79 Å². The zero-order valence-electron chi connectivity index (χ0n) is 7.53. The SMILES string of the molecule is COc1cccc(SCCC=O)c1. The fourth-order valence-electron chi connectivity index (χ4n) is 0.916. The van der Waals surface area contributed by atoms with Crippen LogP contribution < -0.4 is 4.74 Å². The van der Waals surface area contributed by atoms with Crippen molar-refractivity contribution < 1.29 is 9.53 Å². The summed E-state index contributed by atoms with van der Waals surface area (Å²) in [4.78, 5) is 11.2. The lowest BCUT2D eigenvalue weighted by atomic mass is 10.3. The second-order valence-corrected chi connectivity index (χ2v) is 3.65. The number of carbonyl (C=O) groups excluding carboxylic acids is 1. The molecule has 13 heavy (non-hydrogen) atoms. The van der Waals surface area contributed by atoms with Crippen molar-refractivity contribution >= 4 is 18.0 Å². The maximum absolute atomic E-state index is 10.1. The number of aldehydes is 1. The van der Waals surface area contributed by atoms with Gasteiger partial charge in [-0.2, -0.15) is 0 Å². The summed E-state index contributed by atoms with van der Waals surface area (Å²) in [5.41, 5.74) is 0. The van der Waals surface area contributed by atoms with Crippen molar-refractivity contribution in [3.05, 3.63) is 24.3 Å². The second-order valence-electron chi connectivity index (χ2n) is 2.48. The maximum atomic E-state index is 10.1. The molecule has 0 aliphatic rings. The van der Waals surface area contributed by atoms with Crippen LogP contribution in [0.3, 0.4) is 0 Å². The molecule has 1 aromatic carbocycles. The van der Waals surface area contributed by atoms with Crippen LogP contribution in [0.5, 0.6) is 5.75 Å². The second kappa shape index (κ2) is 5.65. The first-order valence-corrected chi connectivity index (χ1v) is 5.06. The van der Waals surface area contributed by atoms with Gasteiger partial charge in [-0.1, -0.05) is 6.07 Å². The van der Waals surface area contributed by atoms with E-state index in [1.54, 1.807) is 18.9 Å². The number of thioether (sulfide) groups is 1. The molecule has 0 spiro atoms. The lowest BCUT2D eigenvalue weighted by Crippen LogP contribution is -1.84. The number of ether oxygens (including phenoxy) is 1. The van der Waals surface area contributed by atoms with Gasteiger partial charge in [0.05, 0.1) is 7.11 Å². The van der Waals surface area contributed by atoms with Gasteiger partial charge in [-0.25, -0.2) is 0 Å². The van der Waals surface area contributed by atoms with Crippen molar-refractivity contribution in [3.63, 3.8) is 0 Å². The monoisotopic (exact) mass is 196 g/mol. The van der Waals surface area contributed by atoms with Gasteiger partial charge in [0.1, 0.15) is 12.0 Å². The summed E-state index contributed by atoms with van der Waals surface area (Å²) in [7, 11) is 1.65. The van der Waals surface area contributed by atoms with Gasteiger partial charge in [0, 0.05) is 17.1 Å². The topological polar surface area (TPSA) is 26.3 Å². The predicted octanol–water partition coefficient (Wildman–Crippen LogP) is 2.38. The molecule has 0 unspecified atom stereocenters. The van der Waals surface area contributed by atoms with E-state index in [1.807, 2.05) is 24.3 Å². The van der Waals surface area contributed by atoms with Crippen molar-refractivity contribution in [2.75, 3.05) is 12.9 Å². The lowest BCUT2D eigenvalue weighted by Gasteiger charge is -2.02. The molecule has 0 aromatic heterocycles. The molecule has 1 rings (SSSR count). The highest BCUT2D eigenvalue weighted by Crippen LogP contribution is 2.22. The summed E-state index contributed by atoms with van der Waals surface area (Å²) in [5.74, 6) is 1.69. The molecular formula is C10H12O2S. The van der Waals surface area contributed by atoms with Gasteiger partial charge in [0.25, 0.3) is 0 Å². The number of rotatable bonds is 5. The van der Waals surface area contributed by atoms with Crippen molar-refractivity contribution in [3.8, 4) is 5.75 Å². The minimum atomic E-state index is 0.599. The van der Waals surface area contributed by atoms with E-state index in [0.717, 1.165) is 22.7 Å². The normalized spacial score (nSPS) is 9.62. The Morgan fingerprint density at radius 3 is 3.08 bits per heavy atom. The summed E-state index contributed by atoms with van der Waals surface area (Å²) < 4.78 is 5.08. The van der Waals surface area contributed by atoms with Crippen molar-refractivity contribution in [1.82, 2.24) is 0 Å². The average molecular weight is 196 g/mol. The molecule has 0 saturated carbocycles. The number of benzene rings is 1. The van der Waals surface area contributed by atoms with E-state index < -0.39 is 0 Å². The van der Waals surface area contributed by atoms with Crippen molar-refractivity contribution in [2.45, 2.75) is 11.3 Å². The Bertz CT molecular complexity index is 273. The van der Waals surface area contributed by atoms with Crippen LogP contribution in [0.1, 0.15) is 6.42 Å². The molecule has 0 aliphatic heterocycles. The minimum Gasteiger partial charge on any atom is -0.497 e. The highest BCUT2D eigenvalue weighted by Gasteiger charge is 1.95. The molecule has 1 aromatic rings. The van der Waals surface area contributed by atoms with Gasteiger partial charge in [-0.05, 0) is 18.2 Å². The molecule has 0 radical (unpaired) electrons. The number of methoxy groups -OCH3 is 1. The Morgan fingerprint density at radius 2 is 2.38 bits per heavy atom. The van der Waals surface area contributed by atoms with Crippen molar-refractivity contribution in [2.24, 2.45) is 0 Å². The zero-order valence-corrected chi connectivity index (χ0v) is 8.34. The largest absolute Gasteiger partial charge is 0.497 e. The molecule has 0 saturated heterocycles. The van der Waals surface area contributed by atoms with Gasteiger partial charge < -0.3 is 9.53 Å². The molecule has 0 N–H and O–H groups in total. The Morgan fingerprint density at radius 1 is 1.54 bits per heavy atom. The van der Waals surface area contributed by atoms with E-state index in [1.165, 1.54) is 0 Å². The van der Waals surface area contributed by atoms with Crippen LogP contribution in [0.4, 0.5) is 0 Å².